The number of hydrogen-bond donors (Lipinski definition) is 0. The Bertz CT molecular complexity index is 529. The zero-order valence-electron chi connectivity index (χ0n) is 9.58. The lowest BCUT2D eigenvalue weighted by atomic mass is 10.3. The Hall–Kier alpha value is -1.72. The summed E-state index contributed by atoms with van der Waals surface area (Å²) in [6, 6.07) is 7.87. The molecule has 4 nitrogen and oxygen atoms in total. The molecule has 1 aromatic carbocycles. The van der Waals surface area contributed by atoms with Crippen LogP contribution in [-0.4, -0.2) is 30.1 Å². The van der Waals surface area contributed by atoms with Gasteiger partial charge in [0.2, 0.25) is 0 Å². The normalized spacial score (nSPS) is 11.2. The van der Waals surface area contributed by atoms with Crippen LogP contribution in [0.2, 0.25) is 0 Å². The number of aromatic nitrogens is 1. The molecule has 0 aliphatic carbocycles. The van der Waals surface area contributed by atoms with Gasteiger partial charge in [0.05, 0.1) is 17.3 Å². The second kappa shape index (κ2) is 5.07. The van der Waals surface area contributed by atoms with Crippen LogP contribution in [0, 0.1) is 0 Å². The van der Waals surface area contributed by atoms with Gasteiger partial charge in [0.25, 0.3) is 5.91 Å². The summed E-state index contributed by atoms with van der Waals surface area (Å²) < 4.78 is 1.11. The third-order valence-electron chi connectivity index (χ3n) is 2.26. The smallest absolute Gasteiger partial charge is 0.269 e. The lowest BCUT2D eigenvalue weighted by Gasteiger charge is -2.09. The molecule has 0 atom stereocenters. The predicted octanol–water partition coefficient (Wildman–Crippen LogP) is 2.33. The third kappa shape index (κ3) is 2.69. The van der Waals surface area contributed by atoms with Crippen molar-refractivity contribution < 1.29 is 9.63 Å². The fraction of sp³-hybridized carbons (Fsp3) is 0.167. The van der Waals surface area contributed by atoms with Crippen molar-refractivity contribution in [2.24, 2.45) is 0 Å². The molecule has 2 aromatic rings. The minimum Gasteiger partial charge on any atom is -0.274 e. The summed E-state index contributed by atoms with van der Waals surface area (Å²) >= 11 is 1.55. The van der Waals surface area contributed by atoms with Crippen LogP contribution in [0.3, 0.4) is 0 Å². The second-order valence-corrected chi connectivity index (χ2v) is 4.43. The first kappa shape index (κ1) is 11.8. The molecule has 1 heterocycles. The Kier molecular flexibility index (Phi) is 3.51. The summed E-state index contributed by atoms with van der Waals surface area (Å²) in [6.07, 6.45) is 3.14. The first-order valence-electron chi connectivity index (χ1n) is 5.06. The zero-order chi connectivity index (χ0) is 12.3. The third-order valence-corrected chi connectivity index (χ3v) is 3.26. The molecule has 0 saturated carbocycles. The fourth-order valence-corrected chi connectivity index (χ4v) is 2.17. The van der Waals surface area contributed by atoms with E-state index in [9.17, 15) is 4.79 Å². The molecule has 0 aliphatic rings. The van der Waals surface area contributed by atoms with Gasteiger partial charge in [-0.25, -0.2) is 10.0 Å². The van der Waals surface area contributed by atoms with Gasteiger partial charge in [-0.1, -0.05) is 12.1 Å². The van der Waals surface area contributed by atoms with Crippen molar-refractivity contribution in [2.45, 2.75) is 0 Å². The highest BCUT2D eigenvalue weighted by Gasteiger charge is 2.04. The van der Waals surface area contributed by atoms with Crippen LogP contribution in [0.5, 0.6) is 0 Å². The van der Waals surface area contributed by atoms with Gasteiger partial charge in [0, 0.05) is 13.1 Å². The Balaban J connectivity index is 2.18. The highest BCUT2D eigenvalue weighted by molar-refractivity contribution is 7.19. The van der Waals surface area contributed by atoms with E-state index in [4.69, 9.17) is 4.84 Å². The summed E-state index contributed by atoms with van der Waals surface area (Å²) in [6.45, 7) is 0. The van der Waals surface area contributed by atoms with Crippen LogP contribution in [0.1, 0.15) is 5.01 Å². The maximum atomic E-state index is 11.5. The number of para-hydroxylation sites is 1. The van der Waals surface area contributed by atoms with Crippen LogP contribution in [0.25, 0.3) is 16.3 Å². The Morgan fingerprint density at radius 2 is 2.24 bits per heavy atom. The monoisotopic (exact) mass is 248 g/mol. The minimum absolute atomic E-state index is 0.216. The maximum absolute atomic E-state index is 11.5. The molecule has 0 bridgehead atoms. The molecule has 0 radical (unpaired) electrons. The van der Waals surface area contributed by atoms with E-state index >= 15 is 0 Å². The molecule has 0 unspecified atom stereocenters. The van der Waals surface area contributed by atoms with Gasteiger partial charge in [-0.05, 0) is 18.2 Å². The molecule has 0 fully saturated rings. The lowest BCUT2D eigenvalue weighted by Crippen LogP contribution is -2.22. The summed E-state index contributed by atoms with van der Waals surface area (Å²) in [5, 5.41) is 1.97. The predicted molar refractivity (Wildman–Crippen MR) is 68.4 cm³/mol. The van der Waals surface area contributed by atoms with E-state index in [1.54, 1.807) is 24.5 Å². The maximum Gasteiger partial charge on any atom is 0.269 e. The van der Waals surface area contributed by atoms with Crippen LogP contribution < -0.4 is 0 Å². The van der Waals surface area contributed by atoms with E-state index < -0.39 is 0 Å². The topological polar surface area (TPSA) is 42.4 Å². The van der Waals surface area contributed by atoms with Crippen molar-refractivity contribution in [1.29, 1.82) is 0 Å². The second-order valence-electron chi connectivity index (χ2n) is 3.37. The molecule has 0 aliphatic heterocycles. The van der Waals surface area contributed by atoms with Crippen molar-refractivity contribution in [2.75, 3.05) is 14.2 Å². The number of nitrogens with zero attached hydrogens (tertiary/aromatic N) is 2. The highest BCUT2D eigenvalue weighted by atomic mass is 32.1. The van der Waals surface area contributed by atoms with Crippen molar-refractivity contribution in [1.82, 2.24) is 10.0 Å². The Morgan fingerprint density at radius 3 is 2.94 bits per heavy atom. The van der Waals surface area contributed by atoms with Crippen LogP contribution in [0.15, 0.2) is 30.3 Å². The van der Waals surface area contributed by atoms with Crippen LogP contribution in [-0.2, 0) is 9.63 Å². The van der Waals surface area contributed by atoms with Gasteiger partial charge in [-0.2, -0.15) is 0 Å². The van der Waals surface area contributed by atoms with Crippen molar-refractivity contribution in [3.8, 4) is 0 Å². The summed E-state index contributed by atoms with van der Waals surface area (Å²) in [5.74, 6) is -0.216. The standard InChI is InChI=1S/C12H12N2O2S/c1-14(16-2)12(15)8-7-11-13-9-5-3-4-6-10(9)17-11/h3-8H,1-2H3/b8-7+. The number of carbonyl (C=O) groups is 1. The van der Waals surface area contributed by atoms with E-state index in [0.717, 1.165) is 20.3 Å². The number of thiazole rings is 1. The molecule has 17 heavy (non-hydrogen) atoms. The van der Waals surface area contributed by atoms with Crippen LogP contribution in [0.4, 0.5) is 0 Å². The number of carbonyl (C=O) groups excluding carboxylic acids is 1. The van der Waals surface area contributed by atoms with Crippen molar-refractivity contribution in [3.05, 3.63) is 35.3 Å². The molecular formula is C12H12N2O2S. The molecule has 1 amide bonds. The van der Waals surface area contributed by atoms with Crippen molar-refractivity contribution in [3.63, 3.8) is 0 Å². The van der Waals surface area contributed by atoms with Gasteiger partial charge in [0.15, 0.2) is 0 Å². The van der Waals surface area contributed by atoms with Gasteiger partial charge in [-0.3, -0.25) is 9.63 Å². The molecule has 0 spiro atoms. The molecule has 0 saturated heterocycles. The first-order valence-corrected chi connectivity index (χ1v) is 5.88. The molecule has 1 aromatic heterocycles. The molecule has 5 heteroatoms. The minimum atomic E-state index is -0.216. The number of hydrogen-bond acceptors (Lipinski definition) is 4. The van der Waals surface area contributed by atoms with E-state index in [1.165, 1.54) is 13.2 Å². The first-order chi connectivity index (χ1) is 8.20. The largest absolute Gasteiger partial charge is 0.274 e. The fourth-order valence-electron chi connectivity index (χ4n) is 1.30. The molecule has 88 valence electrons. The molecular weight excluding hydrogens is 236 g/mol. The Labute approximate surface area is 103 Å². The number of fused-ring (bicyclic) bond motifs is 1. The van der Waals surface area contributed by atoms with E-state index in [2.05, 4.69) is 4.98 Å². The number of hydroxylamine groups is 2. The Morgan fingerprint density at radius 1 is 1.47 bits per heavy atom. The average molecular weight is 248 g/mol. The number of rotatable bonds is 3. The van der Waals surface area contributed by atoms with E-state index in [0.29, 0.717) is 0 Å². The summed E-state index contributed by atoms with van der Waals surface area (Å²) in [4.78, 5) is 20.6. The lowest BCUT2D eigenvalue weighted by molar-refractivity contribution is -0.162. The summed E-state index contributed by atoms with van der Waals surface area (Å²) in [7, 11) is 3.01. The van der Waals surface area contributed by atoms with Gasteiger partial charge >= 0.3 is 0 Å². The molecule has 2 rings (SSSR count). The van der Waals surface area contributed by atoms with Crippen molar-refractivity contribution >= 4 is 33.5 Å². The summed E-state index contributed by atoms with van der Waals surface area (Å²) in [5.41, 5.74) is 0.949. The highest BCUT2D eigenvalue weighted by Crippen LogP contribution is 2.22. The van der Waals surface area contributed by atoms with E-state index in [1.807, 2.05) is 24.3 Å². The van der Waals surface area contributed by atoms with Crippen LogP contribution >= 0.6 is 11.3 Å². The molecule has 0 N–H and O–H groups in total. The average Bonchev–Trinajstić information content (AvgIpc) is 2.77. The SMILES string of the molecule is CON(C)C(=O)/C=C/c1nc2ccccc2s1. The van der Waals surface area contributed by atoms with Gasteiger partial charge in [0.1, 0.15) is 5.01 Å². The van der Waals surface area contributed by atoms with Gasteiger partial charge in [-0.15, -0.1) is 11.3 Å². The number of benzene rings is 1. The van der Waals surface area contributed by atoms with E-state index in [-0.39, 0.29) is 5.91 Å². The van der Waals surface area contributed by atoms with Gasteiger partial charge < -0.3 is 0 Å². The number of amides is 1. The number of likely N-dealkylation sites (N-methyl/N-ethyl adjacent to an activating group) is 1. The quantitative estimate of drug-likeness (QED) is 0.618. The zero-order valence-corrected chi connectivity index (χ0v) is 10.4.